The zero-order valence-electron chi connectivity index (χ0n) is 31.0. The van der Waals surface area contributed by atoms with Crippen LogP contribution >= 0.6 is 0 Å². The van der Waals surface area contributed by atoms with Crippen molar-refractivity contribution in [3.8, 4) is 11.1 Å². The average Bonchev–Trinajstić information content (AvgIpc) is 3.61. The number of hydrogen-bond donors (Lipinski definition) is 0. The molecule has 5 aromatic carbocycles. The fraction of sp³-hybridized carbons (Fsp3) is 0.154. The third-order valence-corrected chi connectivity index (χ3v) is 12.7. The minimum atomic E-state index is -0.594. The first kappa shape index (κ1) is 34.1. The van der Waals surface area contributed by atoms with E-state index < -0.39 is 17.5 Å². The molecule has 1 nitrogen and oxygen atoms in total. The largest absolute Gasteiger partial charge is 0.456 e. The normalized spacial score (nSPS) is 21.5. The van der Waals surface area contributed by atoms with Crippen LogP contribution < -0.4 is 0 Å². The fourth-order valence-electron chi connectivity index (χ4n) is 10.4. The second kappa shape index (κ2) is 13.2. The summed E-state index contributed by atoms with van der Waals surface area (Å²) in [7, 11) is 0. The van der Waals surface area contributed by atoms with Gasteiger partial charge >= 0.3 is 0 Å². The molecule has 0 saturated carbocycles. The Kier molecular flexibility index (Phi) is 7.89. The first-order valence-electron chi connectivity index (χ1n) is 19.8. The number of furan rings is 1. The molecule has 3 atom stereocenters. The van der Waals surface area contributed by atoms with Crippen LogP contribution in [0.15, 0.2) is 177 Å². The van der Waals surface area contributed by atoms with Gasteiger partial charge in [0.05, 0.1) is 5.56 Å². The highest BCUT2D eigenvalue weighted by atomic mass is 19.1. The monoisotopic (exact) mass is 752 g/mol. The van der Waals surface area contributed by atoms with E-state index in [1.165, 1.54) is 29.8 Å². The van der Waals surface area contributed by atoms with Crippen molar-refractivity contribution in [2.45, 2.75) is 43.9 Å². The topological polar surface area (TPSA) is 13.1 Å². The molecule has 0 amide bonds. The summed E-state index contributed by atoms with van der Waals surface area (Å²) in [5.74, 6) is -1.49. The number of allylic oxidation sites excluding steroid dienone is 15. The molecule has 5 aliphatic carbocycles. The van der Waals surface area contributed by atoms with Crippen molar-refractivity contribution in [2.24, 2.45) is 5.92 Å². The van der Waals surface area contributed by atoms with Crippen LogP contribution in [0, 0.1) is 17.6 Å². The Hall–Kier alpha value is -6.20. The maximum Gasteiger partial charge on any atom is 0.135 e. The quantitative estimate of drug-likeness (QED) is 0.129. The summed E-state index contributed by atoms with van der Waals surface area (Å²) in [6, 6.07) is 26.5. The lowest BCUT2D eigenvalue weighted by atomic mass is 9.64. The molecule has 0 aliphatic heterocycles. The van der Waals surface area contributed by atoms with Crippen molar-refractivity contribution < 1.29 is 22.0 Å². The Balaban J connectivity index is 1.08. The highest BCUT2D eigenvalue weighted by Gasteiger charge is 2.40. The maximum absolute atomic E-state index is 15.6. The standard InChI is InChI=1S/C52H36F4O/c53-40-21-10-22-41(54)51(40)49-34-16-5-1-12-30(34)46(31-13-2-6-17-35(31)49)29-26-27-38-45(28-29)57-44-25-9-20-39(48(38)44)47-32-14-3-7-18-36(32)50(37-19-8-4-15-33(37)47)52-42(55)23-11-24-43(52)56/h1,3-9,11-12,14-19,21,23-28,30,39,46H,2,10,13,20,22H2. The molecule has 1 aromatic heterocycles. The van der Waals surface area contributed by atoms with Crippen LogP contribution in [0.2, 0.25) is 0 Å². The van der Waals surface area contributed by atoms with Crippen LogP contribution in [0.25, 0.3) is 49.7 Å². The molecule has 1 heterocycles. The molecule has 57 heavy (non-hydrogen) atoms. The van der Waals surface area contributed by atoms with E-state index in [0.717, 1.165) is 85.4 Å². The predicted octanol–water partition coefficient (Wildman–Crippen LogP) is 14.9. The van der Waals surface area contributed by atoms with Crippen molar-refractivity contribution in [3.05, 3.63) is 207 Å². The molecule has 11 rings (SSSR count). The molecular weight excluding hydrogens is 717 g/mol. The van der Waals surface area contributed by atoms with E-state index in [1.807, 2.05) is 54.6 Å². The highest BCUT2D eigenvalue weighted by Crippen LogP contribution is 2.55. The molecule has 0 saturated heterocycles. The van der Waals surface area contributed by atoms with Gasteiger partial charge in [-0.05, 0) is 105 Å². The van der Waals surface area contributed by atoms with Crippen molar-refractivity contribution >= 4 is 38.6 Å². The van der Waals surface area contributed by atoms with Crippen LogP contribution in [-0.4, -0.2) is 0 Å². The molecule has 0 radical (unpaired) electrons. The van der Waals surface area contributed by atoms with Gasteiger partial charge in [-0.3, -0.25) is 0 Å². The van der Waals surface area contributed by atoms with Gasteiger partial charge in [-0.25, -0.2) is 17.6 Å². The molecule has 0 spiro atoms. The minimum Gasteiger partial charge on any atom is -0.456 e. The Morgan fingerprint density at radius 1 is 0.614 bits per heavy atom. The number of hydrogen-bond acceptors (Lipinski definition) is 1. The summed E-state index contributed by atoms with van der Waals surface area (Å²) in [5.41, 5.74) is 8.44. The molecule has 0 bridgehead atoms. The maximum atomic E-state index is 15.6. The van der Waals surface area contributed by atoms with Crippen molar-refractivity contribution in [1.29, 1.82) is 0 Å². The van der Waals surface area contributed by atoms with E-state index in [-0.39, 0.29) is 41.1 Å². The SMILES string of the molecule is FC1=CCCC(F)=C1C1=C2C=CC=CC2C(c2ccc3c4c(oc3c2)C=CCC4c2c3ccccc3c(-c3c(F)cccc3F)c3ccccc23)C2=C1C=CCC2. The Bertz CT molecular complexity index is 2920. The van der Waals surface area contributed by atoms with Gasteiger partial charge in [0, 0.05) is 46.3 Å². The van der Waals surface area contributed by atoms with Crippen LogP contribution in [0.1, 0.15) is 66.4 Å². The Morgan fingerprint density at radius 3 is 2.12 bits per heavy atom. The van der Waals surface area contributed by atoms with Crippen LogP contribution in [0.5, 0.6) is 0 Å². The van der Waals surface area contributed by atoms with E-state index in [1.54, 1.807) is 0 Å². The molecule has 0 fully saturated rings. The summed E-state index contributed by atoms with van der Waals surface area (Å²) < 4.78 is 69.0. The zero-order chi connectivity index (χ0) is 38.4. The molecule has 0 N–H and O–H groups in total. The van der Waals surface area contributed by atoms with Crippen LogP contribution in [0.3, 0.4) is 0 Å². The smallest absolute Gasteiger partial charge is 0.135 e. The molecular formula is C52H36F4O. The molecule has 5 heteroatoms. The number of rotatable bonds is 4. The van der Waals surface area contributed by atoms with Gasteiger partial charge in [0.1, 0.15) is 34.6 Å². The van der Waals surface area contributed by atoms with Crippen LogP contribution in [0.4, 0.5) is 17.6 Å². The van der Waals surface area contributed by atoms with Gasteiger partial charge in [-0.1, -0.05) is 115 Å². The second-order valence-electron chi connectivity index (χ2n) is 15.6. The summed E-state index contributed by atoms with van der Waals surface area (Å²) >= 11 is 0. The highest BCUT2D eigenvalue weighted by molar-refractivity contribution is 6.16. The van der Waals surface area contributed by atoms with Gasteiger partial charge in [-0.2, -0.15) is 0 Å². The van der Waals surface area contributed by atoms with Gasteiger partial charge in [0.25, 0.3) is 0 Å². The predicted molar refractivity (Wildman–Crippen MR) is 222 cm³/mol. The van der Waals surface area contributed by atoms with Gasteiger partial charge in [0.2, 0.25) is 0 Å². The van der Waals surface area contributed by atoms with Crippen molar-refractivity contribution in [2.75, 3.05) is 0 Å². The van der Waals surface area contributed by atoms with Crippen molar-refractivity contribution in [3.63, 3.8) is 0 Å². The first-order chi connectivity index (χ1) is 28.0. The molecule has 5 aliphatic rings. The molecule has 6 aromatic rings. The van der Waals surface area contributed by atoms with Gasteiger partial charge in [-0.15, -0.1) is 0 Å². The van der Waals surface area contributed by atoms with Crippen LogP contribution in [-0.2, 0) is 0 Å². The van der Waals surface area contributed by atoms with Gasteiger partial charge < -0.3 is 4.42 Å². The Labute approximate surface area is 327 Å². The summed E-state index contributed by atoms with van der Waals surface area (Å²) in [4.78, 5) is 0. The summed E-state index contributed by atoms with van der Waals surface area (Å²) in [5, 5.41) is 4.50. The second-order valence-corrected chi connectivity index (χ2v) is 15.6. The van der Waals surface area contributed by atoms with Gasteiger partial charge in [0.15, 0.2) is 0 Å². The average molecular weight is 753 g/mol. The van der Waals surface area contributed by atoms with E-state index in [2.05, 4.69) is 60.7 Å². The molecule has 3 unspecified atom stereocenters. The first-order valence-corrected chi connectivity index (χ1v) is 19.8. The zero-order valence-corrected chi connectivity index (χ0v) is 31.0. The lowest BCUT2D eigenvalue weighted by Gasteiger charge is -2.39. The third kappa shape index (κ3) is 5.14. The lowest BCUT2D eigenvalue weighted by Crippen LogP contribution is -2.25. The van der Waals surface area contributed by atoms with E-state index in [0.29, 0.717) is 17.6 Å². The Morgan fingerprint density at radius 2 is 1.37 bits per heavy atom. The van der Waals surface area contributed by atoms with E-state index in [9.17, 15) is 0 Å². The van der Waals surface area contributed by atoms with E-state index >= 15 is 17.6 Å². The lowest BCUT2D eigenvalue weighted by molar-refractivity contribution is 0.539. The number of halogens is 4. The van der Waals surface area contributed by atoms with E-state index in [4.69, 9.17) is 4.42 Å². The number of fused-ring (bicyclic) bond motifs is 6. The third-order valence-electron chi connectivity index (χ3n) is 12.7. The fourth-order valence-corrected chi connectivity index (χ4v) is 10.4. The number of benzene rings is 5. The molecule has 278 valence electrons. The summed E-state index contributed by atoms with van der Waals surface area (Å²) in [6.07, 6.45) is 21.1. The van der Waals surface area contributed by atoms with Crippen molar-refractivity contribution in [1.82, 2.24) is 0 Å². The summed E-state index contributed by atoms with van der Waals surface area (Å²) in [6.45, 7) is 0. The minimum absolute atomic E-state index is 0.0213.